The second-order valence-corrected chi connectivity index (χ2v) is 7.58. The van der Waals surface area contributed by atoms with Crippen molar-refractivity contribution in [3.63, 3.8) is 0 Å². The molecule has 0 aliphatic carbocycles. The van der Waals surface area contributed by atoms with E-state index in [0.29, 0.717) is 24.5 Å². The summed E-state index contributed by atoms with van der Waals surface area (Å²) in [6.07, 6.45) is 3.68. The van der Waals surface area contributed by atoms with Gasteiger partial charge in [-0.25, -0.2) is 4.79 Å². The maximum atomic E-state index is 12.5. The van der Waals surface area contributed by atoms with Crippen molar-refractivity contribution in [2.45, 2.75) is 39.8 Å². The van der Waals surface area contributed by atoms with Gasteiger partial charge in [0.05, 0.1) is 7.11 Å². The summed E-state index contributed by atoms with van der Waals surface area (Å²) in [6, 6.07) is 12.5. The van der Waals surface area contributed by atoms with Crippen LogP contribution in [-0.2, 0) is 16.2 Å². The number of aryl methyl sites for hydroxylation is 1. The minimum Gasteiger partial charge on any atom is -0.493 e. The van der Waals surface area contributed by atoms with Crippen LogP contribution >= 0.6 is 0 Å². The predicted octanol–water partition coefficient (Wildman–Crippen LogP) is 4.55. The number of aliphatic carboxylic acids is 1. The molecule has 0 unspecified atom stereocenters. The van der Waals surface area contributed by atoms with Crippen molar-refractivity contribution in [2.24, 2.45) is 5.92 Å². The predicted molar refractivity (Wildman–Crippen MR) is 121 cm³/mol. The van der Waals surface area contributed by atoms with Gasteiger partial charge in [-0.1, -0.05) is 50.6 Å². The van der Waals surface area contributed by atoms with Crippen molar-refractivity contribution >= 4 is 18.0 Å². The molecule has 0 fully saturated rings. The van der Waals surface area contributed by atoms with E-state index in [0.717, 1.165) is 16.7 Å². The second kappa shape index (κ2) is 11.2. The van der Waals surface area contributed by atoms with Gasteiger partial charge < -0.3 is 19.5 Å². The number of carbonyl (C=O) groups excluding carboxylic acids is 1. The number of methoxy groups -OCH3 is 1. The molecule has 6 nitrogen and oxygen atoms in total. The van der Waals surface area contributed by atoms with Gasteiger partial charge in [0, 0.05) is 13.1 Å². The highest BCUT2D eigenvalue weighted by Crippen LogP contribution is 2.29. The van der Waals surface area contributed by atoms with Gasteiger partial charge in [0.25, 0.3) is 0 Å². The van der Waals surface area contributed by atoms with E-state index in [2.05, 4.69) is 0 Å². The number of amides is 1. The Balaban J connectivity index is 2.11. The average Bonchev–Trinajstić information content (AvgIpc) is 2.76. The monoisotopic (exact) mass is 425 g/mol. The highest BCUT2D eigenvalue weighted by Gasteiger charge is 2.29. The standard InChI is InChI=1S/C25H31NO5/c1-6-17(2)24(25(28)29)26(4)23(27)14-12-19-11-13-21(22(15-19)30-5)31-16-20-10-8-7-9-18(20)3/h7-15,17,24H,6,16H2,1-5H3,(H,28,29)/b14-12+/t17-,24-/m1/s1. The Kier molecular flexibility index (Phi) is 8.67. The van der Waals surface area contributed by atoms with Crippen LogP contribution in [0.25, 0.3) is 6.08 Å². The van der Waals surface area contributed by atoms with Gasteiger partial charge in [-0.2, -0.15) is 0 Å². The van der Waals surface area contributed by atoms with Gasteiger partial charge in [0.15, 0.2) is 11.5 Å². The van der Waals surface area contributed by atoms with Gasteiger partial charge in [-0.3, -0.25) is 4.79 Å². The summed E-state index contributed by atoms with van der Waals surface area (Å²) in [5.74, 6) is -0.361. The Bertz CT molecular complexity index is 937. The van der Waals surface area contributed by atoms with Crippen molar-refractivity contribution in [1.29, 1.82) is 0 Å². The third-order valence-electron chi connectivity index (χ3n) is 5.45. The fraction of sp³-hybridized carbons (Fsp3) is 0.360. The minimum atomic E-state index is -1.00. The summed E-state index contributed by atoms with van der Waals surface area (Å²) in [5.41, 5.74) is 2.99. The Morgan fingerprint density at radius 3 is 2.48 bits per heavy atom. The summed E-state index contributed by atoms with van der Waals surface area (Å²) in [7, 11) is 3.08. The lowest BCUT2D eigenvalue weighted by Gasteiger charge is -2.28. The molecule has 0 aromatic heterocycles. The van der Waals surface area contributed by atoms with Gasteiger partial charge >= 0.3 is 5.97 Å². The summed E-state index contributed by atoms with van der Waals surface area (Å²) in [6.45, 7) is 6.19. The van der Waals surface area contributed by atoms with E-state index in [1.54, 1.807) is 25.3 Å². The van der Waals surface area contributed by atoms with E-state index in [9.17, 15) is 14.7 Å². The van der Waals surface area contributed by atoms with Gasteiger partial charge in [-0.05, 0) is 47.7 Å². The molecule has 2 aromatic carbocycles. The average molecular weight is 426 g/mol. The molecule has 0 aliphatic heterocycles. The molecule has 2 aromatic rings. The Morgan fingerprint density at radius 2 is 1.87 bits per heavy atom. The zero-order valence-electron chi connectivity index (χ0n) is 18.8. The quantitative estimate of drug-likeness (QED) is 0.565. The molecule has 0 heterocycles. The molecule has 0 bridgehead atoms. The second-order valence-electron chi connectivity index (χ2n) is 7.58. The number of likely N-dealkylation sites (N-methyl/N-ethyl adjacent to an activating group) is 1. The van der Waals surface area contributed by atoms with Crippen LogP contribution < -0.4 is 9.47 Å². The smallest absolute Gasteiger partial charge is 0.326 e. The molecule has 6 heteroatoms. The van der Waals surface area contributed by atoms with Crippen LogP contribution in [0.2, 0.25) is 0 Å². The first-order valence-electron chi connectivity index (χ1n) is 10.3. The SMILES string of the molecule is CC[C@@H](C)[C@H](C(=O)O)N(C)C(=O)/C=C/c1ccc(OCc2ccccc2C)c(OC)c1. The third kappa shape index (κ3) is 6.35. The van der Waals surface area contributed by atoms with Crippen LogP contribution in [0.3, 0.4) is 0 Å². The first-order valence-corrected chi connectivity index (χ1v) is 10.3. The number of hydrogen-bond acceptors (Lipinski definition) is 4. The molecule has 31 heavy (non-hydrogen) atoms. The largest absolute Gasteiger partial charge is 0.493 e. The summed E-state index contributed by atoms with van der Waals surface area (Å²) in [4.78, 5) is 25.4. The number of nitrogens with zero attached hydrogens (tertiary/aromatic N) is 1. The van der Waals surface area contributed by atoms with Crippen LogP contribution in [0.4, 0.5) is 0 Å². The molecule has 2 atom stereocenters. The van der Waals surface area contributed by atoms with Crippen LogP contribution in [0.15, 0.2) is 48.5 Å². The Morgan fingerprint density at radius 1 is 1.16 bits per heavy atom. The third-order valence-corrected chi connectivity index (χ3v) is 5.45. The van der Waals surface area contributed by atoms with E-state index < -0.39 is 12.0 Å². The number of carboxylic acids is 1. The number of hydrogen-bond donors (Lipinski definition) is 1. The topological polar surface area (TPSA) is 76.1 Å². The number of benzene rings is 2. The zero-order valence-corrected chi connectivity index (χ0v) is 18.8. The Labute approximate surface area is 184 Å². The van der Waals surface area contributed by atoms with Crippen molar-refractivity contribution < 1.29 is 24.2 Å². The van der Waals surface area contributed by atoms with Gasteiger partial charge in [-0.15, -0.1) is 0 Å². The first-order chi connectivity index (χ1) is 14.8. The van der Waals surface area contributed by atoms with Crippen molar-refractivity contribution in [2.75, 3.05) is 14.2 Å². The van der Waals surface area contributed by atoms with E-state index in [-0.39, 0.29) is 11.8 Å². The normalized spacial score (nSPS) is 12.9. The lowest BCUT2D eigenvalue weighted by molar-refractivity contribution is -0.149. The number of ether oxygens (including phenoxy) is 2. The molecule has 0 radical (unpaired) electrons. The lowest BCUT2D eigenvalue weighted by Crippen LogP contribution is -2.45. The van der Waals surface area contributed by atoms with Crippen LogP contribution in [-0.4, -0.2) is 42.1 Å². The number of carbonyl (C=O) groups is 2. The Hall–Kier alpha value is -3.28. The highest BCUT2D eigenvalue weighted by molar-refractivity contribution is 5.94. The van der Waals surface area contributed by atoms with E-state index >= 15 is 0 Å². The minimum absolute atomic E-state index is 0.148. The molecule has 166 valence electrons. The molecule has 0 saturated heterocycles. The molecule has 1 N–H and O–H groups in total. The molecule has 0 spiro atoms. The van der Waals surface area contributed by atoms with E-state index in [1.807, 2.05) is 51.1 Å². The molecule has 1 amide bonds. The summed E-state index contributed by atoms with van der Waals surface area (Å²) in [5, 5.41) is 9.48. The fourth-order valence-electron chi connectivity index (χ4n) is 3.27. The lowest BCUT2D eigenvalue weighted by atomic mass is 9.98. The molecular formula is C25H31NO5. The van der Waals surface area contributed by atoms with Crippen LogP contribution in [0, 0.1) is 12.8 Å². The first kappa shape index (κ1) is 24.0. The van der Waals surface area contributed by atoms with Crippen molar-refractivity contribution in [1.82, 2.24) is 4.90 Å². The van der Waals surface area contributed by atoms with Crippen LogP contribution in [0.1, 0.15) is 37.0 Å². The number of carboxylic acid groups (broad SMARTS) is 1. The molecule has 0 aliphatic rings. The highest BCUT2D eigenvalue weighted by atomic mass is 16.5. The van der Waals surface area contributed by atoms with E-state index in [1.165, 1.54) is 18.0 Å². The number of rotatable bonds is 10. The maximum Gasteiger partial charge on any atom is 0.326 e. The summed E-state index contributed by atoms with van der Waals surface area (Å²) < 4.78 is 11.4. The zero-order chi connectivity index (χ0) is 23.0. The fourth-order valence-corrected chi connectivity index (χ4v) is 3.27. The summed E-state index contributed by atoms with van der Waals surface area (Å²) >= 11 is 0. The van der Waals surface area contributed by atoms with Crippen molar-refractivity contribution in [3.05, 3.63) is 65.2 Å². The molecule has 2 rings (SSSR count). The van der Waals surface area contributed by atoms with Gasteiger partial charge in [0.2, 0.25) is 5.91 Å². The van der Waals surface area contributed by atoms with Gasteiger partial charge in [0.1, 0.15) is 12.6 Å². The maximum absolute atomic E-state index is 12.5. The molecular weight excluding hydrogens is 394 g/mol. The molecule has 0 saturated carbocycles. The van der Waals surface area contributed by atoms with E-state index in [4.69, 9.17) is 9.47 Å². The van der Waals surface area contributed by atoms with Crippen molar-refractivity contribution in [3.8, 4) is 11.5 Å². The van der Waals surface area contributed by atoms with Crippen LogP contribution in [0.5, 0.6) is 11.5 Å².